The van der Waals surface area contributed by atoms with Crippen molar-refractivity contribution in [3.05, 3.63) is 30.1 Å². The number of hydrogen-bond donors (Lipinski definition) is 0. The third kappa shape index (κ3) is 2.49. The first kappa shape index (κ1) is 11.1. The molecule has 70 valence electrons. The molecule has 2 radical (unpaired) electrons. The zero-order valence-corrected chi connectivity index (χ0v) is 13.6. The van der Waals surface area contributed by atoms with Crippen molar-refractivity contribution in [2.75, 3.05) is 13.6 Å². The number of pyridine rings is 1. The van der Waals surface area contributed by atoms with Crippen LogP contribution in [0.15, 0.2) is 24.5 Å². The van der Waals surface area contributed by atoms with Crippen LogP contribution in [0.3, 0.4) is 0 Å². The monoisotopic (exact) mass is 372 g/mol. The maximum absolute atomic E-state index is 4.14. The van der Waals surface area contributed by atoms with Crippen molar-refractivity contribution in [3.63, 3.8) is 0 Å². The van der Waals surface area contributed by atoms with Gasteiger partial charge in [0.1, 0.15) is 0 Å². The molecule has 0 amide bonds. The first-order valence-corrected chi connectivity index (χ1v) is 4.48. The Hall–Kier alpha value is 0.0321. The molecule has 0 saturated carbocycles. The minimum absolute atomic E-state index is 0. The molecule has 1 aliphatic heterocycles. The zero-order chi connectivity index (χ0) is 8.39. The number of nitrogens with zero attached hydrogens (tertiary/aromatic N) is 2. The molecule has 1 atom stereocenters. The molecular weight excluding hydrogens is 355 g/mol. The van der Waals surface area contributed by atoms with Crippen molar-refractivity contribution in [2.24, 2.45) is 0 Å². The van der Waals surface area contributed by atoms with Gasteiger partial charge in [0.25, 0.3) is 0 Å². The number of rotatable bonds is 1. The van der Waals surface area contributed by atoms with E-state index in [1.54, 1.807) is 0 Å². The van der Waals surface area contributed by atoms with Gasteiger partial charge in [-0.1, -0.05) is 6.07 Å². The molecule has 0 aromatic carbocycles. The SMILES string of the molecule is CN1CCCC1c1cccnc1.[PbH2]. The van der Waals surface area contributed by atoms with E-state index in [9.17, 15) is 0 Å². The summed E-state index contributed by atoms with van der Waals surface area (Å²) in [6.07, 6.45) is 6.41. The second kappa shape index (κ2) is 5.05. The second-order valence-electron chi connectivity index (χ2n) is 3.42. The van der Waals surface area contributed by atoms with Gasteiger partial charge in [0.15, 0.2) is 0 Å². The number of aromatic nitrogens is 1. The van der Waals surface area contributed by atoms with E-state index in [0.29, 0.717) is 6.04 Å². The van der Waals surface area contributed by atoms with E-state index in [1.165, 1.54) is 24.9 Å². The van der Waals surface area contributed by atoms with Crippen LogP contribution in [0.4, 0.5) is 0 Å². The quantitative estimate of drug-likeness (QED) is 0.683. The summed E-state index contributed by atoms with van der Waals surface area (Å²) in [6.45, 7) is 1.22. The first-order valence-electron chi connectivity index (χ1n) is 4.48. The van der Waals surface area contributed by atoms with Gasteiger partial charge in [0.2, 0.25) is 0 Å². The Morgan fingerprint density at radius 2 is 2.38 bits per heavy atom. The third-order valence-electron chi connectivity index (χ3n) is 2.59. The van der Waals surface area contributed by atoms with E-state index < -0.39 is 0 Å². The average molecular weight is 371 g/mol. The fourth-order valence-corrected chi connectivity index (χ4v) is 1.90. The summed E-state index contributed by atoms with van der Waals surface area (Å²) in [7, 11) is 2.19. The third-order valence-corrected chi connectivity index (χ3v) is 2.59. The molecule has 1 aliphatic rings. The average Bonchev–Trinajstić information content (AvgIpc) is 2.53. The summed E-state index contributed by atoms with van der Waals surface area (Å²) < 4.78 is 0. The Kier molecular flexibility index (Phi) is 4.31. The van der Waals surface area contributed by atoms with Gasteiger partial charge < -0.3 is 0 Å². The van der Waals surface area contributed by atoms with Gasteiger partial charge in [0.05, 0.1) is 0 Å². The summed E-state index contributed by atoms with van der Waals surface area (Å²) in [6, 6.07) is 4.79. The Bertz CT molecular complexity index is 250. The molecule has 13 heavy (non-hydrogen) atoms. The maximum atomic E-state index is 4.14. The van der Waals surface area contributed by atoms with Gasteiger partial charge in [-0.2, -0.15) is 0 Å². The molecule has 1 saturated heterocycles. The Morgan fingerprint density at radius 3 is 2.92 bits per heavy atom. The molecule has 0 spiro atoms. The molecular formula is C10H16N2Pb. The van der Waals surface area contributed by atoms with Gasteiger partial charge in [-0.05, 0) is 38.1 Å². The van der Waals surface area contributed by atoms with Gasteiger partial charge >= 0.3 is 27.3 Å². The molecule has 0 aliphatic carbocycles. The zero-order valence-electron chi connectivity index (χ0n) is 8.11. The molecule has 1 unspecified atom stereocenters. The van der Waals surface area contributed by atoms with Gasteiger partial charge in [-0.3, -0.25) is 9.88 Å². The summed E-state index contributed by atoms with van der Waals surface area (Å²) in [5.41, 5.74) is 1.36. The van der Waals surface area contributed by atoms with Gasteiger partial charge in [-0.15, -0.1) is 0 Å². The van der Waals surface area contributed by atoms with Crippen LogP contribution in [0.2, 0.25) is 0 Å². The summed E-state index contributed by atoms with van der Waals surface area (Å²) >= 11 is 0. The molecule has 0 bridgehead atoms. The van der Waals surface area contributed by atoms with Crippen molar-refractivity contribution >= 4 is 27.3 Å². The fraction of sp³-hybridized carbons (Fsp3) is 0.500. The number of hydrogen-bond acceptors (Lipinski definition) is 2. The standard InChI is InChI=1S/C10H14N2.Pb.2H/c1-12-7-3-5-10(12)9-4-2-6-11-8-9;;;/h2,4,6,8,10H,3,5,7H2,1H3;;;. The van der Waals surface area contributed by atoms with Gasteiger partial charge in [0, 0.05) is 18.4 Å². The van der Waals surface area contributed by atoms with Crippen molar-refractivity contribution in [1.82, 2.24) is 9.88 Å². The van der Waals surface area contributed by atoms with E-state index in [2.05, 4.69) is 23.0 Å². The van der Waals surface area contributed by atoms with Crippen LogP contribution >= 0.6 is 0 Å². The normalized spacial score (nSPS) is 22.7. The van der Waals surface area contributed by atoms with Crippen LogP contribution in [-0.4, -0.2) is 50.8 Å². The molecule has 2 nitrogen and oxygen atoms in total. The van der Waals surface area contributed by atoms with Gasteiger partial charge in [-0.25, -0.2) is 0 Å². The Balaban J connectivity index is 0.000000845. The topological polar surface area (TPSA) is 16.1 Å². The summed E-state index contributed by atoms with van der Waals surface area (Å²) in [5.74, 6) is 0. The predicted molar refractivity (Wildman–Crippen MR) is 57.4 cm³/mol. The van der Waals surface area contributed by atoms with E-state index in [4.69, 9.17) is 0 Å². The Labute approximate surface area is 99.5 Å². The van der Waals surface area contributed by atoms with Crippen molar-refractivity contribution in [2.45, 2.75) is 18.9 Å². The van der Waals surface area contributed by atoms with E-state index in [-0.39, 0.29) is 27.3 Å². The predicted octanol–water partition coefficient (Wildman–Crippen LogP) is 0.932. The van der Waals surface area contributed by atoms with E-state index in [1.807, 2.05) is 18.5 Å². The minimum atomic E-state index is 0. The molecule has 1 aromatic heterocycles. The number of likely N-dealkylation sites (tertiary alicyclic amines) is 1. The van der Waals surface area contributed by atoms with Crippen LogP contribution in [0.5, 0.6) is 0 Å². The van der Waals surface area contributed by atoms with Crippen molar-refractivity contribution < 1.29 is 0 Å². The Morgan fingerprint density at radius 1 is 1.54 bits per heavy atom. The molecule has 1 aromatic rings. The fourth-order valence-electron chi connectivity index (χ4n) is 1.90. The molecule has 0 N–H and O–H groups in total. The molecule has 2 heterocycles. The van der Waals surface area contributed by atoms with Crippen molar-refractivity contribution in [1.29, 1.82) is 0 Å². The van der Waals surface area contributed by atoms with Crippen LogP contribution in [0.25, 0.3) is 0 Å². The first-order chi connectivity index (χ1) is 5.88. The van der Waals surface area contributed by atoms with Crippen LogP contribution in [0, 0.1) is 0 Å². The molecule has 2 rings (SSSR count). The molecule has 3 heteroatoms. The summed E-state index contributed by atoms with van der Waals surface area (Å²) in [4.78, 5) is 6.54. The van der Waals surface area contributed by atoms with E-state index >= 15 is 0 Å². The summed E-state index contributed by atoms with van der Waals surface area (Å²) in [5, 5.41) is 0. The van der Waals surface area contributed by atoms with Crippen LogP contribution in [-0.2, 0) is 0 Å². The van der Waals surface area contributed by atoms with Crippen molar-refractivity contribution in [3.8, 4) is 0 Å². The second-order valence-corrected chi connectivity index (χ2v) is 3.42. The van der Waals surface area contributed by atoms with Crippen LogP contribution < -0.4 is 0 Å². The van der Waals surface area contributed by atoms with Crippen LogP contribution in [0.1, 0.15) is 24.4 Å². The molecule has 1 fully saturated rings. The van der Waals surface area contributed by atoms with E-state index in [0.717, 1.165) is 0 Å².